The van der Waals surface area contributed by atoms with E-state index >= 15 is 0 Å². The topological polar surface area (TPSA) is 22.9 Å². The smallest absolute Gasteiger partial charge is 0.222 e. The van der Waals surface area contributed by atoms with E-state index in [-0.39, 0.29) is 38.8 Å². The highest BCUT2D eigenvalue weighted by Crippen LogP contribution is 2.65. The largest absolute Gasteiger partial charge is 0.454 e. The Morgan fingerprint density at radius 3 is 2.05 bits per heavy atom. The molecule has 7 aliphatic rings. The van der Waals surface area contributed by atoms with Crippen molar-refractivity contribution >= 4 is 68.0 Å². The normalized spacial score (nSPS) is 30.9. The van der Waals surface area contributed by atoms with E-state index in [1.165, 1.54) is 114 Å². The molecule has 13 rings (SSSR count). The number of para-hydroxylation sites is 2. The molecule has 3 fully saturated rings. The van der Waals surface area contributed by atoms with Gasteiger partial charge in [0.05, 0.1) is 11.2 Å². The first-order chi connectivity index (χ1) is 31.4. The SMILES string of the molecule is Cc1cc2c3c(c1)N1c4c(cc(C(C)(C)C)cc4C4(C)CCCCC14C)B3C1CCC(N3c4ccc(C(C)(C)C)cc4C4(C)CCCCC34C)CC1N2c1cccc2c1oc1ccccc12. The van der Waals surface area contributed by atoms with E-state index in [9.17, 15) is 0 Å². The molecule has 1 aromatic heterocycles. The highest BCUT2D eigenvalue weighted by atomic mass is 16.3. The number of nitrogens with zero attached hydrogens (tertiary/aromatic N) is 3. The van der Waals surface area contributed by atoms with Crippen LogP contribution in [0.3, 0.4) is 0 Å². The minimum absolute atomic E-state index is 0.00154. The molecule has 7 atom stereocenters. The maximum Gasteiger partial charge on any atom is 0.222 e. The first-order valence-corrected chi connectivity index (χ1v) is 26.1. The van der Waals surface area contributed by atoms with Crippen molar-refractivity contribution in [2.24, 2.45) is 0 Å². The van der Waals surface area contributed by atoms with Gasteiger partial charge in [-0.15, -0.1) is 0 Å². The van der Waals surface area contributed by atoms with Gasteiger partial charge in [-0.25, -0.2) is 0 Å². The van der Waals surface area contributed by atoms with Crippen molar-refractivity contribution in [2.75, 3.05) is 14.7 Å². The van der Waals surface area contributed by atoms with Crippen LogP contribution in [-0.4, -0.2) is 29.9 Å². The summed E-state index contributed by atoms with van der Waals surface area (Å²) in [5.41, 5.74) is 20.4. The molecule has 5 heteroatoms. The Bertz CT molecular complexity index is 3040. The van der Waals surface area contributed by atoms with Crippen molar-refractivity contribution in [3.8, 4) is 0 Å². The number of aryl methyl sites for hydroxylation is 1. The summed E-state index contributed by atoms with van der Waals surface area (Å²) in [6, 6.07) is 34.7. The molecule has 0 radical (unpaired) electrons. The maximum absolute atomic E-state index is 7.07. The van der Waals surface area contributed by atoms with Crippen molar-refractivity contribution in [2.45, 2.75) is 197 Å². The molecular formula is C61H72BN3O. The zero-order chi connectivity index (χ0) is 45.7. The number of rotatable bonds is 2. The van der Waals surface area contributed by atoms with Gasteiger partial charge >= 0.3 is 0 Å². The highest BCUT2D eigenvalue weighted by molar-refractivity contribution is 6.91. The van der Waals surface area contributed by atoms with E-state index in [1.807, 2.05) is 0 Å². The van der Waals surface area contributed by atoms with Gasteiger partial charge in [-0.3, -0.25) is 0 Å². The van der Waals surface area contributed by atoms with Gasteiger partial charge in [-0.1, -0.05) is 142 Å². The number of hydrogen-bond acceptors (Lipinski definition) is 4. The molecule has 0 spiro atoms. The quantitative estimate of drug-likeness (QED) is 0.162. The van der Waals surface area contributed by atoms with Gasteiger partial charge < -0.3 is 19.1 Å². The number of furan rings is 1. The van der Waals surface area contributed by atoms with Gasteiger partial charge in [-0.2, -0.15) is 0 Å². The molecule has 0 N–H and O–H groups in total. The summed E-state index contributed by atoms with van der Waals surface area (Å²) in [4.78, 5) is 8.87. The van der Waals surface area contributed by atoms with Crippen molar-refractivity contribution in [1.82, 2.24) is 0 Å². The zero-order valence-electron chi connectivity index (χ0n) is 41.9. The predicted molar refractivity (Wildman–Crippen MR) is 281 cm³/mol. The molecular weight excluding hydrogens is 802 g/mol. The average Bonchev–Trinajstić information content (AvgIpc) is 3.83. The van der Waals surface area contributed by atoms with Crippen LogP contribution in [0.2, 0.25) is 5.82 Å². The van der Waals surface area contributed by atoms with E-state index in [4.69, 9.17) is 4.42 Å². The monoisotopic (exact) mass is 874 g/mol. The van der Waals surface area contributed by atoms with Crippen LogP contribution < -0.4 is 25.6 Å². The third-order valence-corrected chi connectivity index (χ3v) is 20.2. The van der Waals surface area contributed by atoms with Gasteiger partial charge in [0.1, 0.15) is 5.58 Å². The Labute approximate surface area is 395 Å². The standard InChI is InChI=1S/C61H72BN3O/c1-37-31-50-53-51(32-37)65-54-44(59(9)28-15-17-30-61(59,65)11)34-39(57(5,6)7)35-46(54)62(53)45-25-24-40(36-49(45)63(50)48-21-18-20-42-41-19-12-13-22-52(41)66-55(42)48)64-47-26-23-38(56(2,3)4)33-43(47)58(8)27-14-16-29-60(58,64)10/h12-13,18-23,26,31-35,40,45,49H,14-17,24-25,27-30,36H2,1-11H3. The van der Waals surface area contributed by atoms with Gasteiger partial charge in [0.25, 0.3) is 0 Å². The van der Waals surface area contributed by atoms with Gasteiger partial charge in [0, 0.05) is 62.0 Å². The molecule has 5 aromatic carbocycles. The molecule has 6 aromatic rings. The molecule has 4 nitrogen and oxygen atoms in total. The Hall–Kier alpha value is -4.64. The molecule has 0 bridgehead atoms. The highest BCUT2D eigenvalue weighted by Gasteiger charge is 2.64. The summed E-state index contributed by atoms with van der Waals surface area (Å²) in [7, 11) is 0. The van der Waals surface area contributed by atoms with Crippen molar-refractivity contribution < 1.29 is 4.42 Å². The summed E-state index contributed by atoms with van der Waals surface area (Å²) in [5, 5.41) is 2.43. The molecule has 3 saturated carbocycles. The summed E-state index contributed by atoms with van der Waals surface area (Å²) in [6.45, 7) is 27.8. The molecule has 5 heterocycles. The second kappa shape index (κ2) is 13.3. The third-order valence-electron chi connectivity index (χ3n) is 20.2. The lowest BCUT2D eigenvalue weighted by Crippen LogP contribution is -2.67. The van der Waals surface area contributed by atoms with Crippen molar-refractivity contribution in [1.29, 1.82) is 0 Å². The third kappa shape index (κ3) is 5.14. The van der Waals surface area contributed by atoms with Crippen LogP contribution in [0, 0.1) is 6.92 Å². The number of fused-ring (bicyclic) bond motifs is 13. The zero-order valence-corrected chi connectivity index (χ0v) is 41.9. The summed E-state index contributed by atoms with van der Waals surface area (Å²) < 4.78 is 7.07. The fourth-order valence-electron chi connectivity index (χ4n) is 16.3. The van der Waals surface area contributed by atoms with Crippen LogP contribution in [0.1, 0.15) is 168 Å². The van der Waals surface area contributed by atoms with Crippen molar-refractivity contribution in [3.63, 3.8) is 0 Å². The van der Waals surface area contributed by atoms with Crippen LogP contribution in [0.25, 0.3) is 21.9 Å². The Morgan fingerprint density at radius 2 is 1.29 bits per heavy atom. The minimum Gasteiger partial charge on any atom is -0.454 e. The molecule has 7 unspecified atom stereocenters. The van der Waals surface area contributed by atoms with Gasteiger partial charge in [0.15, 0.2) is 5.58 Å². The Morgan fingerprint density at radius 1 is 0.621 bits per heavy atom. The fraction of sp³-hybridized carbons (Fsp3) is 0.508. The molecule has 66 heavy (non-hydrogen) atoms. The van der Waals surface area contributed by atoms with E-state index in [0.29, 0.717) is 18.6 Å². The second-order valence-electron chi connectivity index (χ2n) is 25.5. The van der Waals surface area contributed by atoms with Crippen LogP contribution in [0.5, 0.6) is 0 Å². The van der Waals surface area contributed by atoms with E-state index in [0.717, 1.165) is 17.6 Å². The van der Waals surface area contributed by atoms with Gasteiger partial charge in [-0.05, 0) is 145 Å². The first kappa shape index (κ1) is 41.5. The summed E-state index contributed by atoms with van der Waals surface area (Å²) in [5.74, 6) is 0.440. The number of hydrogen-bond donors (Lipinski definition) is 0. The lowest BCUT2D eigenvalue weighted by atomic mass is 9.27. The average molecular weight is 874 g/mol. The second-order valence-corrected chi connectivity index (χ2v) is 25.5. The predicted octanol–water partition coefficient (Wildman–Crippen LogP) is 14.7. The van der Waals surface area contributed by atoms with Crippen LogP contribution >= 0.6 is 0 Å². The summed E-state index contributed by atoms with van der Waals surface area (Å²) in [6.07, 6.45) is 13.7. The molecule has 4 aliphatic heterocycles. The minimum atomic E-state index is 0.00154. The molecule has 340 valence electrons. The van der Waals surface area contributed by atoms with Crippen LogP contribution in [-0.2, 0) is 21.7 Å². The van der Waals surface area contributed by atoms with Gasteiger partial charge in [0.2, 0.25) is 6.71 Å². The van der Waals surface area contributed by atoms with E-state index in [1.54, 1.807) is 27.7 Å². The van der Waals surface area contributed by atoms with Crippen LogP contribution in [0.4, 0.5) is 28.4 Å². The van der Waals surface area contributed by atoms with Crippen LogP contribution in [0.15, 0.2) is 89.3 Å². The lowest BCUT2D eigenvalue weighted by molar-refractivity contribution is 0.163. The Balaban J connectivity index is 1.06. The fourth-order valence-corrected chi connectivity index (χ4v) is 16.3. The summed E-state index contributed by atoms with van der Waals surface area (Å²) >= 11 is 0. The van der Waals surface area contributed by atoms with Crippen molar-refractivity contribution in [3.05, 3.63) is 113 Å². The lowest BCUT2D eigenvalue weighted by Gasteiger charge is -2.58. The molecule has 0 amide bonds. The maximum atomic E-state index is 7.07. The van der Waals surface area contributed by atoms with E-state index in [2.05, 4.69) is 176 Å². The van der Waals surface area contributed by atoms with E-state index < -0.39 is 0 Å². The first-order valence-electron chi connectivity index (χ1n) is 26.1. The number of anilines is 5. The number of benzene rings is 5. The Kier molecular flexibility index (Phi) is 8.39. The molecule has 0 saturated heterocycles. The molecule has 3 aliphatic carbocycles.